The van der Waals surface area contributed by atoms with Gasteiger partial charge in [-0.25, -0.2) is 4.39 Å². The molecule has 5 heteroatoms. The van der Waals surface area contributed by atoms with Crippen molar-refractivity contribution in [1.29, 1.82) is 0 Å². The average molecular weight is 352 g/mol. The van der Waals surface area contributed by atoms with Crippen LogP contribution in [-0.4, -0.2) is 12.0 Å². The van der Waals surface area contributed by atoms with Gasteiger partial charge in [-0.15, -0.1) is 0 Å². The van der Waals surface area contributed by atoms with Gasteiger partial charge in [0.1, 0.15) is 11.6 Å². The van der Waals surface area contributed by atoms with E-state index in [1.54, 1.807) is 24.3 Å². The first-order chi connectivity index (χ1) is 9.95. The van der Waals surface area contributed by atoms with E-state index in [2.05, 4.69) is 21.2 Å². The van der Waals surface area contributed by atoms with Gasteiger partial charge in [0, 0.05) is 10.0 Å². The number of anilines is 1. The zero-order valence-electron chi connectivity index (χ0n) is 11.7. The smallest absolute Gasteiger partial charge is 0.255 e. The lowest BCUT2D eigenvalue weighted by Gasteiger charge is -2.11. The van der Waals surface area contributed by atoms with E-state index in [1.165, 1.54) is 18.2 Å². The predicted octanol–water partition coefficient (Wildman–Crippen LogP) is 4.63. The van der Waals surface area contributed by atoms with Gasteiger partial charge in [0.25, 0.3) is 5.91 Å². The second-order valence-corrected chi connectivity index (χ2v) is 5.63. The van der Waals surface area contributed by atoms with E-state index in [9.17, 15) is 9.18 Å². The lowest BCUT2D eigenvalue weighted by molar-refractivity contribution is 0.102. The predicted molar refractivity (Wildman–Crippen MR) is 84.3 cm³/mol. The molecule has 0 fully saturated rings. The Labute approximate surface area is 131 Å². The first-order valence-electron chi connectivity index (χ1n) is 6.49. The van der Waals surface area contributed by atoms with Crippen LogP contribution < -0.4 is 10.1 Å². The molecule has 0 atom stereocenters. The minimum atomic E-state index is -0.368. The Kier molecular flexibility index (Phi) is 4.96. The lowest BCUT2D eigenvalue weighted by atomic mass is 10.2. The van der Waals surface area contributed by atoms with Crippen LogP contribution in [0.2, 0.25) is 0 Å². The number of halogens is 2. The van der Waals surface area contributed by atoms with E-state index in [0.29, 0.717) is 21.5 Å². The molecule has 110 valence electrons. The average Bonchev–Trinajstić information content (AvgIpc) is 2.41. The first-order valence-corrected chi connectivity index (χ1v) is 7.28. The number of rotatable bonds is 4. The Morgan fingerprint density at radius 1 is 1.24 bits per heavy atom. The second-order valence-electron chi connectivity index (χ2n) is 4.77. The maximum Gasteiger partial charge on any atom is 0.255 e. The molecule has 0 aliphatic carbocycles. The van der Waals surface area contributed by atoms with Gasteiger partial charge >= 0.3 is 0 Å². The second kappa shape index (κ2) is 6.72. The highest BCUT2D eigenvalue weighted by Crippen LogP contribution is 2.24. The third kappa shape index (κ3) is 4.29. The zero-order valence-corrected chi connectivity index (χ0v) is 13.3. The van der Waals surface area contributed by atoms with Crippen LogP contribution in [0.3, 0.4) is 0 Å². The molecule has 0 saturated heterocycles. The highest BCUT2D eigenvalue weighted by molar-refractivity contribution is 9.10. The number of hydrogen-bond acceptors (Lipinski definition) is 2. The molecule has 2 aromatic rings. The Bertz CT molecular complexity index is 658. The summed E-state index contributed by atoms with van der Waals surface area (Å²) in [7, 11) is 0. The molecule has 0 aliphatic rings. The normalized spacial score (nSPS) is 10.5. The van der Waals surface area contributed by atoms with Gasteiger partial charge in [0.15, 0.2) is 0 Å². The molecule has 0 aromatic heterocycles. The van der Waals surface area contributed by atoms with Gasteiger partial charge in [0.05, 0.1) is 11.8 Å². The maximum absolute atomic E-state index is 13.0. The van der Waals surface area contributed by atoms with Crippen LogP contribution in [0.25, 0.3) is 0 Å². The van der Waals surface area contributed by atoms with Crippen LogP contribution >= 0.6 is 15.9 Å². The van der Waals surface area contributed by atoms with Crippen LogP contribution in [0.5, 0.6) is 5.75 Å². The third-order valence-corrected chi connectivity index (χ3v) is 3.30. The Morgan fingerprint density at radius 2 is 2.00 bits per heavy atom. The number of carbonyl (C=O) groups is 1. The fourth-order valence-electron chi connectivity index (χ4n) is 1.77. The lowest BCUT2D eigenvalue weighted by Crippen LogP contribution is -2.13. The number of nitrogens with one attached hydrogen (secondary N) is 1. The van der Waals surface area contributed by atoms with E-state index in [0.717, 1.165) is 0 Å². The monoisotopic (exact) mass is 351 g/mol. The largest absolute Gasteiger partial charge is 0.491 e. The fourth-order valence-corrected chi connectivity index (χ4v) is 2.22. The number of ether oxygens (including phenoxy) is 1. The molecule has 2 aromatic carbocycles. The van der Waals surface area contributed by atoms with Crippen molar-refractivity contribution < 1.29 is 13.9 Å². The summed E-state index contributed by atoms with van der Waals surface area (Å²) < 4.78 is 19.1. The van der Waals surface area contributed by atoms with Crippen molar-refractivity contribution in [1.82, 2.24) is 0 Å². The summed E-state index contributed by atoms with van der Waals surface area (Å²) >= 11 is 3.22. The van der Waals surface area contributed by atoms with Gasteiger partial charge in [-0.3, -0.25) is 4.79 Å². The van der Waals surface area contributed by atoms with Crippen molar-refractivity contribution in [2.24, 2.45) is 0 Å². The SMILES string of the molecule is CC(C)Oc1cccc(C(=O)Nc2ccc(F)cc2Br)c1. The summed E-state index contributed by atoms with van der Waals surface area (Å²) in [6.07, 6.45) is 0.0366. The molecule has 0 radical (unpaired) electrons. The van der Waals surface area contributed by atoms with E-state index in [1.807, 2.05) is 13.8 Å². The highest BCUT2D eigenvalue weighted by Gasteiger charge is 2.10. The van der Waals surface area contributed by atoms with Crippen molar-refractivity contribution in [2.75, 3.05) is 5.32 Å². The molecule has 0 saturated carbocycles. The minimum absolute atomic E-state index is 0.0366. The highest BCUT2D eigenvalue weighted by atomic mass is 79.9. The number of hydrogen-bond donors (Lipinski definition) is 1. The van der Waals surface area contributed by atoms with Gasteiger partial charge in [-0.1, -0.05) is 6.07 Å². The fraction of sp³-hybridized carbons (Fsp3) is 0.188. The molecule has 1 N–H and O–H groups in total. The molecule has 0 bridgehead atoms. The summed E-state index contributed by atoms with van der Waals surface area (Å²) in [5.41, 5.74) is 0.987. The topological polar surface area (TPSA) is 38.3 Å². The molecule has 2 rings (SSSR count). The van der Waals surface area contributed by atoms with Crippen molar-refractivity contribution in [3.05, 3.63) is 58.3 Å². The van der Waals surface area contributed by atoms with E-state index in [4.69, 9.17) is 4.74 Å². The minimum Gasteiger partial charge on any atom is -0.491 e. The Morgan fingerprint density at radius 3 is 2.67 bits per heavy atom. The molecule has 0 spiro atoms. The van der Waals surface area contributed by atoms with Crippen LogP contribution in [0.15, 0.2) is 46.9 Å². The summed E-state index contributed by atoms with van der Waals surface area (Å²) in [6, 6.07) is 11.0. The van der Waals surface area contributed by atoms with E-state index < -0.39 is 0 Å². The quantitative estimate of drug-likeness (QED) is 0.872. The number of amides is 1. The van der Waals surface area contributed by atoms with Gasteiger partial charge < -0.3 is 10.1 Å². The third-order valence-electron chi connectivity index (χ3n) is 2.65. The Balaban J connectivity index is 2.16. The van der Waals surface area contributed by atoms with Crippen molar-refractivity contribution in [2.45, 2.75) is 20.0 Å². The van der Waals surface area contributed by atoms with Crippen LogP contribution in [0.4, 0.5) is 10.1 Å². The molecule has 0 heterocycles. The molecular formula is C16H15BrFNO2. The summed E-state index contributed by atoms with van der Waals surface area (Å²) in [4.78, 5) is 12.2. The van der Waals surface area contributed by atoms with Crippen molar-refractivity contribution in [3.8, 4) is 5.75 Å². The van der Waals surface area contributed by atoms with Gasteiger partial charge in [0.2, 0.25) is 0 Å². The van der Waals surface area contributed by atoms with Crippen LogP contribution in [-0.2, 0) is 0 Å². The van der Waals surface area contributed by atoms with Crippen molar-refractivity contribution in [3.63, 3.8) is 0 Å². The van der Waals surface area contributed by atoms with Crippen LogP contribution in [0, 0.1) is 5.82 Å². The number of benzene rings is 2. The molecule has 1 amide bonds. The van der Waals surface area contributed by atoms with Gasteiger partial charge in [-0.05, 0) is 66.2 Å². The van der Waals surface area contributed by atoms with Crippen molar-refractivity contribution >= 4 is 27.5 Å². The summed E-state index contributed by atoms with van der Waals surface area (Å²) in [6.45, 7) is 3.84. The van der Waals surface area contributed by atoms with Gasteiger partial charge in [-0.2, -0.15) is 0 Å². The molecule has 3 nitrogen and oxygen atoms in total. The summed E-state index contributed by atoms with van der Waals surface area (Å²) in [5.74, 6) is -0.0143. The first kappa shape index (κ1) is 15.5. The molecule has 0 aliphatic heterocycles. The number of carbonyl (C=O) groups excluding carboxylic acids is 1. The standard InChI is InChI=1S/C16H15BrFNO2/c1-10(2)21-13-5-3-4-11(8-13)16(20)19-15-7-6-12(18)9-14(15)17/h3-10H,1-2H3,(H,19,20). The molecule has 21 heavy (non-hydrogen) atoms. The summed E-state index contributed by atoms with van der Waals surface area (Å²) in [5, 5.41) is 2.73. The Hall–Kier alpha value is -1.88. The van der Waals surface area contributed by atoms with Crippen LogP contribution in [0.1, 0.15) is 24.2 Å². The zero-order chi connectivity index (χ0) is 15.4. The molecule has 0 unspecified atom stereocenters. The van der Waals surface area contributed by atoms with E-state index >= 15 is 0 Å². The molecular weight excluding hydrogens is 337 g/mol. The maximum atomic E-state index is 13.0. The van der Waals surface area contributed by atoms with E-state index in [-0.39, 0.29) is 17.8 Å².